The first-order valence-electron chi connectivity index (χ1n) is 41.7. The highest BCUT2D eigenvalue weighted by atomic mass is 31.2. The lowest BCUT2D eigenvalue weighted by molar-refractivity contribution is -0.161. The molecule has 0 aromatic carbocycles. The molecule has 0 rings (SSSR count). The summed E-state index contributed by atoms with van der Waals surface area (Å²) in [5.74, 6) is 0.981. The molecule has 3 N–H and O–H groups in total. The molecule has 0 aliphatic rings. The second-order valence-corrected chi connectivity index (χ2v) is 33.7. The van der Waals surface area contributed by atoms with Crippen LogP contribution in [0.3, 0.4) is 0 Å². The van der Waals surface area contributed by atoms with Gasteiger partial charge in [-0.3, -0.25) is 37.3 Å². The van der Waals surface area contributed by atoms with Gasteiger partial charge in [0.25, 0.3) is 0 Å². The Bertz CT molecular complexity index is 1960. The van der Waals surface area contributed by atoms with E-state index in [2.05, 4.69) is 55.4 Å². The molecular formula is C81H158O17P2. The van der Waals surface area contributed by atoms with Crippen LogP contribution in [-0.4, -0.2) is 96.7 Å². The maximum absolute atomic E-state index is 13.1. The average Bonchev–Trinajstić information content (AvgIpc) is 0.918. The van der Waals surface area contributed by atoms with Crippen molar-refractivity contribution in [1.82, 2.24) is 0 Å². The molecule has 6 atom stereocenters. The molecule has 0 amide bonds. The summed E-state index contributed by atoms with van der Waals surface area (Å²) in [5, 5.41) is 10.6. The van der Waals surface area contributed by atoms with Gasteiger partial charge in [0, 0.05) is 25.7 Å². The van der Waals surface area contributed by atoms with Gasteiger partial charge in [0.15, 0.2) is 12.2 Å². The van der Waals surface area contributed by atoms with Crippen LogP contribution in [0.15, 0.2) is 0 Å². The summed E-state index contributed by atoms with van der Waals surface area (Å²) in [6.45, 7) is 14.2. The van der Waals surface area contributed by atoms with Gasteiger partial charge in [-0.05, 0) is 49.4 Å². The number of esters is 4. The van der Waals surface area contributed by atoms with Crippen LogP contribution in [0.4, 0.5) is 0 Å². The number of aliphatic hydroxyl groups excluding tert-OH is 1. The van der Waals surface area contributed by atoms with Crippen molar-refractivity contribution in [3.05, 3.63) is 0 Å². The number of carbonyl (C=O) groups is 4. The van der Waals surface area contributed by atoms with Gasteiger partial charge >= 0.3 is 39.5 Å². The fraction of sp³-hybridized carbons (Fsp3) is 0.951. The average molecular weight is 1470 g/mol. The van der Waals surface area contributed by atoms with Crippen LogP contribution >= 0.6 is 15.6 Å². The zero-order valence-corrected chi connectivity index (χ0v) is 67.6. The Kier molecular flexibility index (Phi) is 68.7. The fourth-order valence-corrected chi connectivity index (χ4v) is 14.0. The van der Waals surface area contributed by atoms with E-state index in [1.54, 1.807) is 0 Å². The molecule has 594 valence electrons. The van der Waals surface area contributed by atoms with Crippen LogP contribution in [-0.2, 0) is 65.4 Å². The Labute approximate surface area is 613 Å². The van der Waals surface area contributed by atoms with Crippen LogP contribution in [0.2, 0.25) is 0 Å². The van der Waals surface area contributed by atoms with Crippen LogP contribution < -0.4 is 0 Å². The SMILES string of the molecule is CCC(C)CCCCCCCCCCCCCCCCCCCCC(=O)O[C@H](COC(=O)CCCCCCCCCCC(C)C)COP(=O)(O)OCC(O)COP(=O)(O)OC[C@@H](COC(=O)CCCCCCCCCC(C)C)OC(=O)CCCCCCCCCCCCCCCCC(C)C. The largest absolute Gasteiger partial charge is 0.472 e. The van der Waals surface area contributed by atoms with Crippen molar-refractivity contribution in [3.63, 3.8) is 0 Å². The molecule has 0 fully saturated rings. The minimum atomic E-state index is -4.96. The first-order chi connectivity index (χ1) is 48.1. The van der Waals surface area contributed by atoms with Gasteiger partial charge in [-0.2, -0.15) is 0 Å². The summed E-state index contributed by atoms with van der Waals surface area (Å²) in [4.78, 5) is 72.9. The number of unbranched alkanes of at least 4 members (excludes halogenated alkanes) is 43. The third-order valence-electron chi connectivity index (χ3n) is 19.2. The predicted octanol–water partition coefficient (Wildman–Crippen LogP) is 24.0. The van der Waals surface area contributed by atoms with Gasteiger partial charge in [-0.25, -0.2) is 9.13 Å². The molecule has 4 unspecified atom stereocenters. The normalized spacial score (nSPS) is 14.3. The smallest absolute Gasteiger partial charge is 0.462 e. The lowest BCUT2D eigenvalue weighted by Crippen LogP contribution is -2.30. The number of ether oxygens (including phenoxy) is 4. The first-order valence-corrected chi connectivity index (χ1v) is 44.7. The summed E-state index contributed by atoms with van der Waals surface area (Å²) in [7, 11) is -9.92. The highest BCUT2D eigenvalue weighted by Crippen LogP contribution is 2.45. The number of aliphatic hydroxyl groups is 1. The molecule has 0 aromatic heterocycles. The number of phosphoric acid groups is 2. The monoisotopic (exact) mass is 1470 g/mol. The third-order valence-corrected chi connectivity index (χ3v) is 21.1. The second kappa shape index (κ2) is 70.1. The molecule has 17 nitrogen and oxygen atoms in total. The summed E-state index contributed by atoms with van der Waals surface area (Å²) >= 11 is 0. The first kappa shape index (κ1) is 98.1. The molecule has 0 saturated carbocycles. The Hall–Kier alpha value is -1.94. The molecule has 0 spiro atoms. The Balaban J connectivity index is 5.18. The van der Waals surface area contributed by atoms with Gasteiger partial charge in [-0.15, -0.1) is 0 Å². The van der Waals surface area contributed by atoms with Crippen molar-refractivity contribution in [1.29, 1.82) is 0 Å². The number of rotatable bonds is 78. The summed E-state index contributed by atoms with van der Waals surface area (Å²) in [5.41, 5.74) is 0. The van der Waals surface area contributed by atoms with E-state index in [4.69, 9.17) is 37.0 Å². The molecule has 0 bridgehead atoms. The molecule has 0 radical (unpaired) electrons. The van der Waals surface area contributed by atoms with Gasteiger partial charge in [0.05, 0.1) is 26.4 Å². The quantitative estimate of drug-likeness (QED) is 0.0222. The van der Waals surface area contributed by atoms with Crippen LogP contribution in [0, 0.1) is 23.7 Å². The number of phosphoric ester groups is 2. The van der Waals surface area contributed by atoms with E-state index in [0.29, 0.717) is 31.6 Å². The molecule has 0 aliphatic carbocycles. The number of carbonyl (C=O) groups excluding carboxylic acids is 4. The zero-order chi connectivity index (χ0) is 73.8. The topological polar surface area (TPSA) is 237 Å². The minimum absolute atomic E-state index is 0.106. The van der Waals surface area contributed by atoms with E-state index in [0.717, 1.165) is 114 Å². The van der Waals surface area contributed by atoms with Crippen molar-refractivity contribution in [2.75, 3.05) is 39.6 Å². The van der Waals surface area contributed by atoms with Crippen molar-refractivity contribution in [2.45, 2.75) is 433 Å². The number of hydrogen-bond donors (Lipinski definition) is 3. The Morgan fingerprint density at radius 1 is 0.280 bits per heavy atom. The predicted molar refractivity (Wildman–Crippen MR) is 409 cm³/mol. The zero-order valence-electron chi connectivity index (χ0n) is 65.8. The van der Waals surface area contributed by atoms with E-state index in [9.17, 15) is 43.2 Å². The van der Waals surface area contributed by atoms with Gasteiger partial charge in [0.1, 0.15) is 19.3 Å². The highest BCUT2D eigenvalue weighted by molar-refractivity contribution is 7.47. The lowest BCUT2D eigenvalue weighted by atomic mass is 9.99. The van der Waals surface area contributed by atoms with E-state index in [1.165, 1.54) is 212 Å². The van der Waals surface area contributed by atoms with Crippen LogP contribution in [0.25, 0.3) is 0 Å². The van der Waals surface area contributed by atoms with E-state index >= 15 is 0 Å². The fourth-order valence-electron chi connectivity index (χ4n) is 12.4. The lowest BCUT2D eigenvalue weighted by Gasteiger charge is -2.21. The van der Waals surface area contributed by atoms with Gasteiger partial charge < -0.3 is 33.8 Å². The standard InChI is InChI=1S/C81H158O17P2/c1-9-74(8)60-52-44-36-27-23-19-14-12-10-11-13-15-20-24-28-38-47-55-63-80(85)97-76(67-91-78(83)61-53-45-37-31-30-34-42-50-58-72(4)5)69-95-99(87,88)93-65-75(82)66-94-100(89,90)96-70-77(68-92-79(84)62-54-46-40-32-35-43-51-59-73(6)7)98-81(86)64-56-48-39-29-25-21-17-16-18-22-26-33-41-49-57-71(2)3/h71-77,82H,9-70H2,1-8H3,(H,87,88)(H,89,90)/t74?,75?,76-,77-/m1/s1. The molecule has 100 heavy (non-hydrogen) atoms. The molecular weight excluding hydrogens is 1310 g/mol. The summed E-state index contributed by atoms with van der Waals surface area (Å²) < 4.78 is 68.7. The van der Waals surface area contributed by atoms with E-state index < -0.39 is 97.5 Å². The Morgan fingerprint density at radius 2 is 0.480 bits per heavy atom. The Morgan fingerprint density at radius 3 is 0.710 bits per heavy atom. The van der Waals surface area contributed by atoms with Crippen LogP contribution in [0.1, 0.15) is 415 Å². The third kappa shape index (κ3) is 73.0. The van der Waals surface area contributed by atoms with Crippen molar-refractivity contribution in [2.24, 2.45) is 23.7 Å². The summed E-state index contributed by atoms with van der Waals surface area (Å²) in [6, 6.07) is 0. The molecule has 0 aromatic rings. The van der Waals surface area contributed by atoms with Crippen molar-refractivity contribution in [3.8, 4) is 0 Å². The minimum Gasteiger partial charge on any atom is -0.462 e. The molecule has 0 heterocycles. The second-order valence-electron chi connectivity index (χ2n) is 30.8. The summed E-state index contributed by atoms with van der Waals surface area (Å²) in [6.07, 6.45) is 57.1. The maximum Gasteiger partial charge on any atom is 0.472 e. The van der Waals surface area contributed by atoms with Crippen molar-refractivity contribution < 1.29 is 80.2 Å². The van der Waals surface area contributed by atoms with Gasteiger partial charge in [0.2, 0.25) is 0 Å². The molecule has 0 saturated heterocycles. The molecule has 19 heteroatoms. The van der Waals surface area contributed by atoms with E-state index in [1.807, 2.05) is 0 Å². The van der Waals surface area contributed by atoms with Gasteiger partial charge in [-0.1, -0.05) is 364 Å². The van der Waals surface area contributed by atoms with Crippen molar-refractivity contribution >= 4 is 39.5 Å². The highest BCUT2D eigenvalue weighted by Gasteiger charge is 2.30. The van der Waals surface area contributed by atoms with Crippen LogP contribution in [0.5, 0.6) is 0 Å². The number of hydrogen-bond acceptors (Lipinski definition) is 15. The molecule has 0 aliphatic heterocycles. The maximum atomic E-state index is 13.1. The van der Waals surface area contributed by atoms with E-state index in [-0.39, 0.29) is 25.7 Å².